The van der Waals surface area contributed by atoms with Gasteiger partial charge in [-0.05, 0) is 103 Å². The molecule has 0 aliphatic rings. The Morgan fingerprint density at radius 2 is 0.557 bits per heavy atom. The van der Waals surface area contributed by atoms with Crippen molar-refractivity contribution < 1.29 is 0 Å². The van der Waals surface area contributed by atoms with E-state index in [0.717, 1.165) is 33.8 Å². The molecule has 0 aromatic heterocycles. The molecule has 10 aromatic rings. The number of hydrogen-bond acceptors (Lipinski definition) is 1. The molecule has 61 heavy (non-hydrogen) atoms. The van der Waals surface area contributed by atoms with Gasteiger partial charge >= 0.3 is 0 Å². The summed E-state index contributed by atoms with van der Waals surface area (Å²) in [7, 11) is 0. The fraction of sp³-hybridized carbons (Fsp3) is 0. The summed E-state index contributed by atoms with van der Waals surface area (Å²) in [5.41, 5.74) is 19.9. The van der Waals surface area contributed by atoms with Crippen molar-refractivity contribution in [2.45, 2.75) is 0 Å². The second kappa shape index (κ2) is 17.1. The van der Waals surface area contributed by atoms with Crippen molar-refractivity contribution in [2.24, 2.45) is 0 Å². The maximum Gasteiger partial charge on any atom is 0.0540 e. The molecule has 0 aliphatic carbocycles. The van der Waals surface area contributed by atoms with Gasteiger partial charge in [-0.15, -0.1) is 0 Å². The van der Waals surface area contributed by atoms with Crippen LogP contribution in [0.4, 0.5) is 17.1 Å². The molecule has 0 amide bonds. The number of hydrogen-bond donors (Lipinski definition) is 0. The minimum absolute atomic E-state index is 1.07. The van der Waals surface area contributed by atoms with Crippen molar-refractivity contribution in [1.29, 1.82) is 0 Å². The summed E-state index contributed by atoms with van der Waals surface area (Å²) in [4.78, 5) is 2.41. The third kappa shape index (κ3) is 7.69. The average molecular weight is 778 g/mol. The van der Waals surface area contributed by atoms with Crippen molar-refractivity contribution in [2.75, 3.05) is 4.90 Å². The van der Waals surface area contributed by atoms with E-state index in [1.165, 1.54) is 61.2 Å². The van der Waals surface area contributed by atoms with E-state index in [9.17, 15) is 0 Å². The molecule has 0 atom stereocenters. The molecule has 288 valence electrons. The van der Waals surface area contributed by atoms with E-state index in [1.54, 1.807) is 0 Å². The number of rotatable bonds is 10. The van der Waals surface area contributed by atoms with Crippen LogP contribution in [0.1, 0.15) is 0 Å². The van der Waals surface area contributed by atoms with Crippen molar-refractivity contribution in [3.63, 3.8) is 0 Å². The van der Waals surface area contributed by atoms with Crippen LogP contribution in [0.2, 0.25) is 0 Å². The van der Waals surface area contributed by atoms with Gasteiger partial charge in [0.2, 0.25) is 0 Å². The van der Waals surface area contributed by atoms with E-state index in [0.29, 0.717) is 0 Å². The summed E-state index contributed by atoms with van der Waals surface area (Å²) in [6, 6.07) is 94.0. The van der Waals surface area contributed by atoms with Gasteiger partial charge in [0.1, 0.15) is 0 Å². The molecule has 10 aromatic carbocycles. The van der Waals surface area contributed by atoms with E-state index in [1.807, 2.05) is 0 Å². The monoisotopic (exact) mass is 777 g/mol. The molecule has 0 heterocycles. The Labute approximate surface area is 359 Å². The number of benzene rings is 10. The van der Waals surface area contributed by atoms with Gasteiger partial charge in [0.25, 0.3) is 0 Å². The number of para-hydroxylation sites is 1. The lowest BCUT2D eigenvalue weighted by molar-refractivity contribution is 1.28. The number of anilines is 3. The van der Waals surface area contributed by atoms with Crippen LogP contribution in [-0.2, 0) is 0 Å². The molecule has 0 fully saturated rings. The van der Waals surface area contributed by atoms with Gasteiger partial charge in [0, 0.05) is 16.9 Å². The van der Waals surface area contributed by atoms with Crippen LogP contribution in [-0.4, -0.2) is 0 Å². The molecule has 0 radical (unpaired) electrons. The van der Waals surface area contributed by atoms with Crippen LogP contribution in [0.25, 0.3) is 77.9 Å². The predicted molar refractivity (Wildman–Crippen MR) is 259 cm³/mol. The first-order valence-electron chi connectivity index (χ1n) is 20.9. The van der Waals surface area contributed by atoms with Gasteiger partial charge in [-0.25, -0.2) is 0 Å². The minimum atomic E-state index is 1.07. The van der Waals surface area contributed by atoms with E-state index < -0.39 is 0 Å². The molecule has 10 rings (SSSR count). The summed E-state index contributed by atoms with van der Waals surface area (Å²) in [6.45, 7) is 0. The van der Waals surface area contributed by atoms with Gasteiger partial charge < -0.3 is 4.90 Å². The molecular weight excluding hydrogens is 735 g/mol. The Hall–Kier alpha value is -8.00. The van der Waals surface area contributed by atoms with Crippen molar-refractivity contribution >= 4 is 17.1 Å². The molecule has 0 bridgehead atoms. The van der Waals surface area contributed by atoms with E-state index >= 15 is 0 Å². The van der Waals surface area contributed by atoms with Gasteiger partial charge in [-0.1, -0.05) is 231 Å². The SMILES string of the molecule is c1ccc(-c2ccc(-c3ccccc3N(c3ccc(-c4ccccc4)cc3)c3cccc(-c4cccc(-c5ccccc5)c4-c4ccccc4-c4ccccc4)c3)cc2)cc1. The smallest absolute Gasteiger partial charge is 0.0540 e. The zero-order chi connectivity index (χ0) is 40.8. The highest BCUT2D eigenvalue weighted by atomic mass is 15.1. The van der Waals surface area contributed by atoms with Gasteiger partial charge in [0.05, 0.1) is 5.69 Å². The van der Waals surface area contributed by atoms with Crippen molar-refractivity contribution in [3.05, 3.63) is 261 Å². The Kier molecular flexibility index (Phi) is 10.4. The molecule has 0 saturated carbocycles. The summed E-state index contributed by atoms with van der Waals surface area (Å²) in [5.74, 6) is 0. The molecule has 0 spiro atoms. The molecule has 0 unspecified atom stereocenters. The fourth-order valence-electron chi connectivity index (χ4n) is 8.57. The zero-order valence-electron chi connectivity index (χ0n) is 33.8. The normalized spacial score (nSPS) is 11.0. The lowest BCUT2D eigenvalue weighted by Crippen LogP contribution is -2.11. The van der Waals surface area contributed by atoms with Gasteiger partial charge in [-0.3, -0.25) is 0 Å². The first-order chi connectivity index (χ1) is 30.3. The molecule has 1 nitrogen and oxygen atoms in total. The Balaban J connectivity index is 1.15. The Morgan fingerprint density at radius 3 is 1.15 bits per heavy atom. The lowest BCUT2D eigenvalue weighted by Gasteiger charge is -2.29. The van der Waals surface area contributed by atoms with E-state index in [-0.39, 0.29) is 0 Å². The predicted octanol–water partition coefficient (Wildman–Crippen LogP) is 16.8. The van der Waals surface area contributed by atoms with Crippen molar-refractivity contribution in [3.8, 4) is 77.9 Å². The summed E-state index contributed by atoms with van der Waals surface area (Å²) >= 11 is 0. The molecule has 0 N–H and O–H groups in total. The first kappa shape index (κ1) is 37.3. The highest BCUT2D eigenvalue weighted by Crippen LogP contribution is 2.47. The summed E-state index contributed by atoms with van der Waals surface area (Å²) in [6.07, 6.45) is 0. The quantitative estimate of drug-likeness (QED) is 0.134. The second-order valence-electron chi connectivity index (χ2n) is 15.3. The topological polar surface area (TPSA) is 3.24 Å². The highest BCUT2D eigenvalue weighted by Gasteiger charge is 2.21. The van der Waals surface area contributed by atoms with E-state index in [4.69, 9.17) is 0 Å². The minimum Gasteiger partial charge on any atom is -0.310 e. The third-order valence-electron chi connectivity index (χ3n) is 11.5. The zero-order valence-corrected chi connectivity index (χ0v) is 33.8. The third-order valence-corrected chi connectivity index (χ3v) is 11.5. The van der Waals surface area contributed by atoms with Gasteiger partial charge in [-0.2, -0.15) is 0 Å². The largest absolute Gasteiger partial charge is 0.310 e. The van der Waals surface area contributed by atoms with Crippen molar-refractivity contribution in [1.82, 2.24) is 0 Å². The van der Waals surface area contributed by atoms with Crippen LogP contribution in [0.3, 0.4) is 0 Å². The maximum absolute atomic E-state index is 2.41. The Bertz CT molecular complexity index is 3030. The first-order valence-corrected chi connectivity index (χ1v) is 20.9. The van der Waals surface area contributed by atoms with Gasteiger partial charge in [0.15, 0.2) is 0 Å². The Morgan fingerprint density at radius 1 is 0.197 bits per heavy atom. The second-order valence-corrected chi connectivity index (χ2v) is 15.3. The standard InChI is InChI=1S/C60H43N/c1-5-19-44(20-6-1)46-35-37-50(38-36-46)55-30-15-16-34-59(55)61(52-41-39-47(40-42-52)45-21-7-2-8-22-45)53-28-17-27-51(43-53)57-33-18-32-56(49-25-11-4-12-26-49)60(57)58-31-14-13-29-54(58)48-23-9-3-10-24-48/h1-43H. The van der Waals surface area contributed by atoms with Crippen LogP contribution < -0.4 is 4.90 Å². The number of nitrogens with zero attached hydrogens (tertiary/aromatic N) is 1. The van der Waals surface area contributed by atoms with E-state index in [2.05, 4.69) is 266 Å². The maximum atomic E-state index is 2.41. The summed E-state index contributed by atoms with van der Waals surface area (Å²) < 4.78 is 0. The summed E-state index contributed by atoms with van der Waals surface area (Å²) in [5, 5.41) is 0. The van der Waals surface area contributed by atoms with Crippen LogP contribution >= 0.6 is 0 Å². The van der Waals surface area contributed by atoms with Crippen LogP contribution in [0, 0.1) is 0 Å². The molecule has 1 heteroatoms. The lowest BCUT2D eigenvalue weighted by atomic mass is 9.84. The highest BCUT2D eigenvalue weighted by molar-refractivity contribution is 6.00. The molecule has 0 saturated heterocycles. The fourth-order valence-corrected chi connectivity index (χ4v) is 8.57. The van der Waals surface area contributed by atoms with Crippen LogP contribution in [0.5, 0.6) is 0 Å². The average Bonchev–Trinajstić information content (AvgIpc) is 3.35. The molecular formula is C60H43N. The molecule has 0 aliphatic heterocycles. The van der Waals surface area contributed by atoms with Crippen LogP contribution in [0.15, 0.2) is 261 Å².